The standard InChI is InChI=1S/C11H13F3N2O/c1-2-3-4-15-11(17)16-9-6-7(12)5-8(13)10(9)14/h5-6H,2-4H2,1H3,(H2,15,16,17). The van der Waals surface area contributed by atoms with Crippen LogP contribution in [0.15, 0.2) is 12.1 Å². The largest absolute Gasteiger partial charge is 0.338 e. The zero-order valence-electron chi connectivity index (χ0n) is 9.32. The first kappa shape index (κ1) is 13.3. The van der Waals surface area contributed by atoms with Crippen LogP contribution in [-0.4, -0.2) is 12.6 Å². The minimum absolute atomic E-state index is 0.412. The van der Waals surface area contributed by atoms with Crippen molar-refractivity contribution in [3.63, 3.8) is 0 Å². The first-order chi connectivity index (χ1) is 8.04. The summed E-state index contributed by atoms with van der Waals surface area (Å²) in [4.78, 5) is 11.2. The summed E-state index contributed by atoms with van der Waals surface area (Å²) in [5, 5.41) is 4.48. The number of unbranched alkanes of at least 4 members (excludes halogenated alkanes) is 1. The molecule has 0 aliphatic rings. The number of urea groups is 1. The van der Waals surface area contributed by atoms with Gasteiger partial charge in [-0.1, -0.05) is 13.3 Å². The van der Waals surface area contributed by atoms with Crippen molar-refractivity contribution >= 4 is 11.7 Å². The lowest BCUT2D eigenvalue weighted by atomic mass is 10.3. The van der Waals surface area contributed by atoms with Crippen LogP contribution in [0.2, 0.25) is 0 Å². The molecule has 0 unspecified atom stereocenters. The molecule has 0 radical (unpaired) electrons. The van der Waals surface area contributed by atoms with Crippen LogP contribution < -0.4 is 10.6 Å². The van der Waals surface area contributed by atoms with E-state index in [1.165, 1.54) is 0 Å². The quantitative estimate of drug-likeness (QED) is 0.622. The second kappa shape index (κ2) is 6.12. The molecule has 6 heteroatoms. The summed E-state index contributed by atoms with van der Waals surface area (Å²) in [5.74, 6) is -3.57. The summed E-state index contributed by atoms with van der Waals surface area (Å²) >= 11 is 0. The molecule has 0 heterocycles. The smallest absolute Gasteiger partial charge is 0.319 e. The van der Waals surface area contributed by atoms with E-state index in [0.29, 0.717) is 12.6 Å². The molecule has 0 spiro atoms. The molecule has 17 heavy (non-hydrogen) atoms. The second-order valence-electron chi connectivity index (χ2n) is 3.48. The molecule has 2 N–H and O–H groups in total. The number of hydrogen-bond donors (Lipinski definition) is 2. The summed E-state index contributed by atoms with van der Waals surface area (Å²) < 4.78 is 38.7. The molecule has 0 saturated carbocycles. The maximum Gasteiger partial charge on any atom is 0.319 e. The van der Waals surface area contributed by atoms with Crippen LogP contribution in [0.1, 0.15) is 19.8 Å². The molecule has 0 atom stereocenters. The minimum Gasteiger partial charge on any atom is -0.338 e. The van der Waals surface area contributed by atoms with Crippen LogP contribution in [0.5, 0.6) is 0 Å². The lowest BCUT2D eigenvalue weighted by Gasteiger charge is -2.08. The molecule has 3 nitrogen and oxygen atoms in total. The van der Waals surface area contributed by atoms with E-state index in [2.05, 4.69) is 5.32 Å². The number of nitrogens with one attached hydrogen (secondary N) is 2. The normalized spacial score (nSPS) is 10.1. The van der Waals surface area contributed by atoms with Gasteiger partial charge < -0.3 is 10.6 Å². The summed E-state index contributed by atoms with van der Waals surface area (Å²) in [6, 6.07) is 0.440. The molecule has 1 rings (SSSR count). The maximum absolute atomic E-state index is 13.1. The Balaban J connectivity index is 2.65. The first-order valence-electron chi connectivity index (χ1n) is 5.24. The van der Waals surface area contributed by atoms with Crippen LogP contribution in [0, 0.1) is 17.5 Å². The average Bonchev–Trinajstić information content (AvgIpc) is 2.25. The molecule has 0 aromatic heterocycles. The van der Waals surface area contributed by atoms with Crippen molar-refractivity contribution in [2.75, 3.05) is 11.9 Å². The van der Waals surface area contributed by atoms with Gasteiger partial charge in [0.2, 0.25) is 0 Å². The van der Waals surface area contributed by atoms with E-state index in [1.807, 2.05) is 12.2 Å². The fourth-order valence-corrected chi connectivity index (χ4v) is 1.19. The lowest BCUT2D eigenvalue weighted by Crippen LogP contribution is -2.30. The molecule has 1 aromatic carbocycles. The van der Waals surface area contributed by atoms with E-state index in [-0.39, 0.29) is 0 Å². The minimum atomic E-state index is -1.34. The zero-order valence-corrected chi connectivity index (χ0v) is 9.32. The average molecular weight is 246 g/mol. The highest BCUT2D eigenvalue weighted by atomic mass is 19.2. The van der Waals surface area contributed by atoms with Gasteiger partial charge in [0.1, 0.15) is 5.82 Å². The second-order valence-corrected chi connectivity index (χ2v) is 3.48. The Bertz CT molecular complexity index is 410. The van der Waals surface area contributed by atoms with Crippen LogP contribution in [-0.2, 0) is 0 Å². The number of carbonyl (C=O) groups is 1. The molecule has 2 amide bonds. The molecule has 0 fully saturated rings. The lowest BCUT2D eigenvalue weighted by molar-refractivity contribution is 0.252. The van der Waals surface area contributed by atoms with Crippen molar-refractivity contribution in [3.8, 4) is 0 Å². The number of amides is 2. The first-order valence-corrected chi connectivity index (χ1v) is 5.24. The third kappa shape index (κ3) is 3.97. The molecular weight excluding hydrogens is 233 g/mol. The summed E-state index contributed by atoms with van der Waals surface area (Å²) in [6.07, 6.45) is 1.66. The summed E-state index contributed by atoms with van der Waals surface area (Å²) in [6.45, 7) is 2.36. The Hall–Kier alpha value is -1.72. The van der Waals surface area contributed by atoms with Crippen molar-refractivity contribution in [1.29, 1.82) is 0 Å². The van der Waals surface area contributed by atoms with Crippen molar-refractivity contribution in [2.45, 2.75) is 19.8 Å². The van der Waals surface area contributed by atoms with E-state index < -0.39 is 29.2 Å². The van der Waals surface area contributed by atoms with Crippen molar-refractivity contribution in [1.82, 2.24) is 5.32 Å². The van der Waals surface area contributed by atoms with Crippen LogP contribution in [0.3, 0.4) is 0 Å². The van der Waals surface area contributed by atoms with Crippen LogP contribution in [0.4, 0.5) is 23.7 Å². The van der Waals surface area contributed by atoms with E-state index in [0.717, 1.165) is 18.9 Å². The Morgan fingerprint density at radius 1 is 1.29 bits per heavy atom. The van der Waals surface area contributed by atoms with Crippen molar-refractivity contribution in [2.24, 2.45) is 0 Å². The molecule has 1 aromatic rings. The van der Waals surface area contributed by atoms with E-state index in [1.54, 1.807) is 0 Å². The molecule has 94 valence electrons. The van der Waals surface area contributed by atoms with Crippen molar-refractivity contribution < 1.29 is 18.0 Å². The number of rotatable bonds is 4. The highest BCUT2D eigenvalue weighted by Gasteiger charge is 2.12. The van der Waals surface area contributed by atoms with Crippen molar-refractivity contribution in [3.05, 3.63) is 29.6 Å². The topological polar surface area (TPSA) is 41.1 Å². The van der Waals surface area contributed by atoms with Crippen LogP contribution >= 0.6 is 0 Å². The van der Waals surface area contributed by atoms with E-state index >= 15 is 0 Å². The Labute approximate surface area is 97.0 Å². The highest BCUT2D eigenvalue weighted by molar-refractivity contribution is 5.89. The Morgan fingerprint density at radius 3 is 2.65 bits per heavy atom. The monoisotopic (exact) mass is 246 g/mol. The number of benzene rings is 1. The molecule has 0 bridgehead atoms. The number of hydrogen-bond acceptors (Lipinski definition) is 1. The fraction of sp³-hybridized carbons (Fsp3) is 0.364. The van der Waals surface area contributed by atoms with Gasteiger partial charge in [0.15, 0.2) is 11.6 Å². The number of halogens is 3. The molecule has 0 aliphatic carbocycles. The fourth-order valence-electron chi connectivity index (χ4n) is 1.19. The molecule has 0 saturated heterocycles. The Morgan fingerprint density at radius 2 is 2.00 bits per heavy atom. The van der Waals surface area contributed by atoms with Gasteiger partial charge in [-0.15, -0.1) is 0 Å². The Kier molecular flexibility index (Phi) is 4.81. The van der Waals surface area contributed by atoms with E-state index in [4.69, 9.17) is 0 Å². The summed E-state index contributed by atoms with van der Waals surface area (Å²) in [7, 11) is 0. The number of anilines is 1. The van der Waals surface area contributed by atoms with Gasteiger partial charge >= 0.3 is 6.03 Å². The van der Waals surface area contributed by atoms with Gasteiger partial charge in [-0.2, -0.15) is 0 Å². The third-order valence-corrected chi connectivity index (χ3v) is 2.06. The van der Waals surface area contributed by atoms with Gasteiger partial charge in [-0.25, -0.2) is 18.0 Å². The van der Waals surface area contributed by atoms with Gasteiger partial charge in [-0.05, 0) is 6.42 Å². The van der Waals surface area contributed by atoms with E-state index in [9.17, 15) is 18.0 Å². The predicted molar refractivity (Wildman–Crippen MR) is 58.2 cm³/mol. The highest BCUT2D eigenvalue weighted by Crippen LogP contribution is 2.18. The number of carbonyl (C=O) groups excluding carboxylic acids is 1. The van der Waals surface area contributed by atoms with Gasteiger partial charge in [0.25, 0.3) is 0 Å². The molecule has 0 aliphatic heterocycles. The zero-order chi connectivity index (χ0) is 12.8. The van der Waals surface area contributed by atoms with Gasteiger partial charge in [0, 0.05) is 18.7 Å². The maximum atomic E-state index is 13.1. The van der Waals surface area contributed by atoms with Gasteiger partial charge in [0.05, 0.1) is 5.69 Å². The van der Waals surface area contributed by atoms with Gasteiger partial charge in [-0.3, -0.25) is 0 Å². The SMILES string of the molecule is CCCCNC(=O)Nc1cc(F)cc(F)c1F. The molecular formula is C11H13F3N2O. The van der Waals surface area contributed by atoms with Crippen LogP contribution in [0.25, 0.3) is 0 Å². The third-order valence-electron chi connectivity index (χ3n) is 2.06. The predicted octanol–water partition coefficient (Wildman–Crippen LogP) is 3.03. The summed E-state index contributed by atoms with van der Waals surface area (Å²) in [5.41, 5.74) is -0.517.